The second-order valence-corrected chi connectivity index (χ2v) is 7.31. The molecule has 9 heteroatoms. The zero-order valence-corrected chi connectivity index (χ0v) is 15.9. The molecule has 4 heterocycles. The van der Waals surface area contributed by atoms with E-state index in [0.717, 1.165) is 37.6 Å². The molecule has 0 saturated carbocycles. The minimum absolute atomic E-state index is 0.0547. The number of carbonyl (C=O) groups excluding carboxylic acids is 1. The van der Waals surface area contributed by atoms with Crippen LogP contribution in [0.1, 0.15) is 40.9 Å². The fraction of sp³-hybridized carbons (Fsp3) is 0.500. The Bertz CT molecular complexity index is 926. The van der Waals surface area contributed by atoms with E-state index in [-0.39, 0.29) is 11.8 Å². The van der Waals surface area contributed by atoms with E-state index in [1.54, 1.807) is 16.8 Å². The number of hydrogen-bond donors (Lipinski definition) is 0. The Kier molecular flexibility index (Phi) is 4.61. The lowest BCUT2D eigenvalue weighted by atomic mass is 9.97. The van der Waals surface area contributed by atoms with E-state index in [0.29, 0.717) is 18.0 Å². The lowest BCUT2D eigenvalue weighted by molar-refractivity contribution is 0.0698. The SMILES string of the molecule is CN(C)Cc1nnc([C@@H]2CCCN(C(=O)c3cn4cccnc4n3)C2)n1C. The molecule has 1 aliphatic rings. The molecule has 9 nitrogen and oxygen atoms in total. The van der Waals surface area contributed by atoms with E-state index in [4.69, 9.17) is 0 Å². The van der Waals surface area contributed by atoms with Crippen molar-refractivity contribution in [2.75, 3.05) is 27.2 Å². The number of amides is 1. The predicted molar refractivity (Wildman–Crippen MR) is 99.3 cm³/mol. The van der Waals surface area contributed by atoms with Gasteiger partial charge in [-0.25, -0.2) is 9.97 Å². The van der Waals surface area contributed by atoms with Crippen molar-refractivity contribution in [1.82, 2.24) is 38.9 Å². The van der Waals surface area contributed by atoms with Crippen LogP contribution in [0.3, 0.4) is 0 Å². The second-order valence-electron chi connectivity index (χ2n) is 7.31. The van der Waals surface area contributed by atoms with Crippen molar-refractivity contribution in [3.63, 3.8) is 0 Å². The fourth-order valence-electron chi connectivity index (χ4n) is 3.62. The summed E-state index contributed by atoms with van der Waals surface area (Å²) in [6, 6.07) is 1.82. The van der Waals surface area contributed by atoms with Crippen LogP contribution >= 0.6 is 0 Å². The van der Waals surface area contributed by atoms with Gasteiger partial charge in [0, 0.05) is 44.6 Å². The van der Waals surface area contributed by atoms with Crippen LogP contribution in [0, 0.1) is 0 Å². The van der Waals surface area contributed by atoms with Crippen molar-refractivity contribution in [2.45, 2.75) is 25.3 Å². The highest BCUT2D eigenvalue weighted by atomic mass is 16.2. The number of aromatic nitrogens is 6. The normalized spacial score (nSPS) is 17.8. The number of likely N-dealkylation sites (tertiary alicyclic amines) is 1. The Balaban J connectivity index is 1.52. The summed E-state index contributed by atoms with van der Waals surface area (Å²) in [5, 5.41) is 8.74. The van der Waals surface area contributed by atoms with Gasteiger partial charge in [-0.2, -0.15) is 0 Å². The molecule has 3 aromatic heterocycles. The Morgan fingerprint density at radius 2 is 2.19 bits per heavy atom. The van der Waals surface area contributed by atoms with E-state index >= 15 is 0 Å². The Labute approximate surface area is 157 Å². The van der Waals surface area contributed by atoms with Gasteiger partial charge in [0.15, 0.2) is 0 Å². The van der Waals surface area contributed by atoms with Crippen molar-refractivity contribution >= 4 is 11.7 Å². The summed E-state index contributed by atoms with van der Waals surface area (Å²) in [4.78, 5) is 25.4. The highest BCUT2D eigenvalue weighted by Gasteiger charge is 2.30. The van der Waals surface area contributed by atoms with Crippen LogP contribution in [0.5, 0.6) is 0 Å². The maximum Gasteiger partial charge on any atom is 0.274 e. The molecule has 142 valence electrons. The Hall–Kier alpha value is -2.81. The van der Waals surface area contributed by atoms with E-state index < -0.39 is 0 Å². The van der Waals surface area contributed by atoms with Crippen molar-refractivity contribution < 1.29 is 4.79 Å². The first-order chi connectivity index (χ1) is 13.0. The summed E-state index contributed by atoms with van der Waals surface area (Å²) in [6.45, 7) is 2.11. The van der Waals surface area contributed by atoms with E-state index in [1.807, 2.05) is 38.3 Å². The molecule has 0 bridgehead atoms. The van der Waals surface area contributed by atoms with E-state index in [9.17, 15) is 4.79 Å². The molecule has 1 amide bonds. The fourth-order valence-corrected chi connectivity index (χ4v) is 3.62. The van der Waals surface area contributed by atoms with Gasteiger partial charge < -0.3 is 14.4 Å². The third kappa shape index (κ3) is 3.42. The molecule has 1 atom stereocenters. The first-order valence-corrected chi connectivity index (χ1v) is 9.15. The minimum Gasteiger partial charge on any atom is -0.337 e. The van der Waals surface area contributed by atoms with Crippen LogP contribution in [-0.2, 0) is 13.6 Å². The topological polar surface area (TPSA) is 84.5 Å². The summed E-state index contributed by atoms with van der Waals surface area (Å²) in [7, 11) is 6.03. The van der Waals surface area contributed by atoms with Crippen LogP contribution in [0.2, 0.25) is 0 Å². The molecule has 0 unspecified atom stereocenters. The van der Waals surface area contributed by atoms with E-state index in [1.165, 1.54) is 0 Å². The third-order valence-electron chi connectivity index (χ3n) is 4.98. The molecular formula is C18H24N8O. The van der Waals surface area contributed by atoms with E-state index in [2.05, 4.69) is 29.6 Å². The van der Waals surface area contributed by atoms with Crippen molar-refractivity contribution in [3.05, 3.63) is 42.0 Å². The number of piperidine rings is 1. The summed E-state index contributed by atoms with van der Waals surface area (Å²) >= 11 is 0. The molecule has 4 rings (SSSR count). The second kappa shape index (κ2) is 7.07. The molecule has 0 aliphatic carbocycles. The van der Waals surface area contributed by atoms with Gasteiger partial charge >= 0.3 is 0 Å². The average molecular weight is 368 g/mol. The number of hydrogen-bond acceptors (Lipinski definition) is 6. The van der Waals surface area contributed by atoms with Crippen LogP contribution in [0.15, 0.2) is 24.7 Å². The smallest absolute Gasteiger partial charge is 0.274 e. The molecule has 0 aromatic carbocycles. The summed E-state index contributed by atoms with van der Waals surface area (Å²) in [5.74, 6) is 2.55. The highest BCUT2D eigenvalue weighted by Crippen LogP contribution is 2.26. The molecule has 0 N–H and O–H groups in total. The van der Waals surface area contributed by atoms with Gasteiger partial charge in [-0.3, -0.25) is 9.20 Å². The first kappa shape index (κ1) is 17.6. The molecule has 1 aliphatic heterocycles. The number of rotatable bonds is 4. The third-order valence-corrected chi connectivity index (χ3v) is 4.98. The number of fused-ring (bicyclic) bond motifs is 1. The molecule has 0 spiro atoms. The summed E-state index contributed by atoms with van der Waals surface area (Å²) < 4.78 is 3.83. The number of carbonyl (C=O) groups is 1. The van der Waals surface area contributed by atoms with Crippen molar-refractivity contribution in [1.29, 1.82) is 0 Å². The standard InChI is InChI=1S/C18H24N8O/c1-23(2)12-15-21-22-16(24(15)3)13-6-4-8-25(10-13)17(27)14-11-26-9-5-7-19-18(26)20-14/h5,7,9,11,13H,4,6,8,10,12H2,1-3H3/t13-/m1/s1. The van der Waals surface area contributed by atoms with Gasteiger partial charge in [-0.05, 0) is 33.0 Å². The molecule has 27 heavy (non-hydrogen) atoms. The zero-order chi connectivity index (χ0) is 19.0. The van der Waals surface area contributed by atoms with Gasteiger partial charge in [0.1, 0.15) is 17.3 Å². The number of nitrogens with zero attached hydrogens (tertiary/aromatic N) is 8. The minimum atomic E-state index is -0.0547. The monoisotopic (exact) mass is 368 g/mol. The van der Waals surface area contributed by atoms with Crippen LogP contribution in [0.25, 0.3) is 5.78 Å². The van der Waals surface area contributed by atoms with Crippen molar-refractivity contribution in [2.24, 2.45) is 7.05 Å². The highest BCUT2D eigenvalue weighted by molar-refractivity contribution is 5.92. The van der Waals surface area contributed by atoms with Crippen LogP contribution < -0.4 is 0 Å². The van der Waals surface area contributed by atoms with Crippen molar-refractivity contribution in [3.8, 4) is 0 Å². The van der Waals surface area contributed by atoms with Crippen LogP contribution in [-0.4, -0.2) is 72.0 Å². The Morgan fingerprint density at radius 3 is 2.96 bits per heavy atom. The largest absolute Gasteiger partial charge is 0.337 e. The van der Waals surface area contributed by atoms with Gasteiger partial charge in [0.05, 0.1) is 6.54 Å². The first-order valence-electron chi connectivity index (χ1n) is 9.15. The quantitative estimate of drug-likeness (QED) is 0.681. The molecule has 1 fully saturated rings. The summed E-state index contributed by atoms with van der Waals surface area (Å²) in [5.41, 5.74) is 0.431. The average Bonchev–Trinajstić information content (AvgIpc) is 3.25. The summed E-state index contributed by atoms with van der Waals surface area (Å²) in [6.07, 6.45) is 7.21. The molecule has 0 radical (unpaired) electrons. The maximum atomic E-state index is 13.0. The van der Waals surface area contributed by atoms with Gasteiger partial charge in [-0.15, -0.1) is 10.2 Å². The van der Waals surface area contributed by atoms with Gasteiger partial charge in [0.25, 0.3) is 5.91 Å². The zero-order valence-electron chi connectivity index (χ0n) is 15.9. The molecular weight excluding hydrogens is 344 g/mol. The Morgan fingerprint density at radius 1 is 1.33 bits per heavy atom. The van der Waals surface area contributed by atoms with Gasteiger partial charge in [0.2, 0.25) is 5.78 Å². The maximum absolute atomic E-state index is 13.0. The lowest BCUT2D eigenvalue weighted by Gasteiger charge is -2.31. The molecule has 3 aromatic rings. The number of imidazole rings is 1. The lowest BCUT2D eigenvalue weighted by Crippen LogP contribution is -2.40. The molecule has 1 saturated heterocycles. The van der Waals surface area contributed by atoms with Gasteiger partial charge in [-0.1, -0.05) is 0 Å². The predicted octanol–water partition coefficient (Wildman–Crippen LogP) is 0.939. The van der Waals surface area contributed by atoms with Crippen LogP contribution in [0.4, 0.5) is 0 Å².